The fourth-order valence-corrected chi connectivity index (χ4v) is 3.84. The van der Waals surface area contributed by atoms with Gasteiger partial charge in [-0.15, -0.1) is 0 Å². The maximum Gasteiger partial charge on any atom is 0.222 e. The second-order valence-electron chi connectivity index (χ2n) is 7.81. The first-order valence-corrected chi connectivity index (χ1v) is 11.0. The predicted molar refractivity (Wildman–Crippen MR) is 116 cm³/mol. The second-order valence-corrected chi connectivity index (χ2v) is 7.81. The van der Waals surface area contributed by atoms with Crippen molar-refractivity contribution in [2.24, 2.45) is 4.99 Å². The van der Waals surface area contributed by atoms with Crippen molar-refractivity contribution >= 4 is 5.90 Å². The second kappa shape index (κ2) is 11.1. The van der Waals surface area contributed by atoms with Crippen LogP contribution in [0.25, 0.3) is 0 Å². The van der Waals surface area contributed by atoms with Gasteiger partial charge in [-0.2, -0.15) is 0 Å². The Morgan fingerprint density at radius 1 is 1.00 bits per heavy atom. The molecule has 2 aromatic rings. The van der Waals surface area contributed by atoms with E-state index in [0.29, 0.717) is 0 Å². The molecule has 3 nitrogen and oxygen atoms in total. The monoisotopic (exact) mass is 415 g/mol. The molecule has 1 heterocycles. The minimum absolute atomic E-state index is 0.00445. The summed E-state index contributed by atoms with van der Waals surface area (Å²) in [6.07, 6.45) is 9.97. The van der Waals surface area contributed by atoms with Gasteiger partial charge in [-0.3, -0.25) is 0 Å². The Kier molecular flexibility index (Phi) is 8.23. The van der Waals surface area contributed by atoms with Crippen molar-refractivity contribution in [2.75, 3.05) is 13.7 Å². The van der Waals surface area contributed by atoms with E-state index in [9.17, 15) is 8.78 Å². The average Bonchev–Trinajstić information content (AvgIpc) is 3.22. The van der Waals surface area contributed by atoms with Crippen LogP contribution >= 0.6 is 0 Å². The zero-order valence-corrected chi connectivity index (χ0v) is 17.9. The molecule has 0 spiro atoms. The van der Waals surface area contributed by atoms with E-state index in [2.05, 4.69) is 18.0 Å². The van der Waals surface area contributed by atoms with Crippen LogP contribution in [0.4, 0.5) is 8.78 Å². The number of unbranched alkanes of at least 4 members (excludes halogenated alkanes) is 6. The number of rotatable bonds is 11. The lowest BCUT2D eigenvalue weighted by molar-refractivity contribution is 0.313. The highest BCUT2D eigenvalue weighted by molar-refractivity contribution is 5.95. The van der Waals surface area contributed by atoms with E-state index in [0.717, 1.165) is 24.2 Å². The van der Waals surface area contributed by atoms with Crippen LogP contribution in [0.2, 0.25) is 0 Å². The Labute approximate surface area is 178 Å². The summed E-state index contributed by atoms with van der Waals surface area (Å²) >= 11 is 0. The lowest BCUT2D eigenvalue weighted by atomic mass is 10.0. The first-order valence-electron chi connectivity index (χ1n) is 11.0. The number of ether oxygens (including phenoxy) is 2. The molecule has 5 heteroatoms. The minimum Gasteiger partial charge on any atom is -0.496 e. The van der Waals surface area contributed by atoms with E-state index in [1.54, 1.807) is 7.11 Å². The average molecular weight is 416 g/mol. The SMILES string of the molecule is CCCCCCCCCc1ccc(C2COC(c3c(F)cccc3F)=N2)c(OC)c1. The number of halogens is 2. The molecule has 0 saturated heterocycles. The van der Waals surface area contributed by atoms with Gasteiger partial charge < -0.3 is 9.47 Å². The topological polar surface area (TPSA) is 30.8 Å². The molecule has 1 atom stereocenters. The van der Waals surface area contributed by atoms with Crippen molar-refractivity contribution in [1.29, 1.82) is 0 Å². The first kappa shape index (κ1) is 22.3. The van der Waals surface area contributed by atoms with E-state index in [4.69, 9.17) is 9.47 Å². The highest BCUT2D eigenvalue weighted by atomic mass is 19.1. The fraction of sp³-hybridized carbons (Fsp3) is 0.480. The van der Waals surface area contributed by atoms with Gasteiger partial charge >= 0.3 is 0 Å². The lowest BCUT2D eigenvalue weighted by Gasteiger charge is -2.13. The van der Waals surface area contributed by atoms with Gasteiger partial charge in [0.05, 0.1) is 7.11 Å². The van der Waals surface area contributed by atoms with Crippen LogP contribution in [0.3, 0.4) is 0 Å². The van der Waals surface area contributed by atoms with E-state index in [1.807, 2.05) is 12.1 Å². The van der Waals surface area contributed by atoms with Crippen LogP contribution in [-0.4, -0.2) is 19.6 Å². The molecule has 0 bridgehead atoms. The predicted octanol–water partition coefficient (Wildman–Crippen LogP) is 6.78. The third-order valence-corrected chi connectivity index (χ3v) is 5.55. The van der Waals surface area contributed by atoms with E-state index < -0.39 is 11.6 Å². The van der Waals surface area contributed by atoms with Crippen LogP contribution in [-0.2, 0) is 11.2 Å². The Balaban J connectivity index is 1.63. The standard InChI is InChI=1S/C25H31F2NO2/c1-3-4-5-6-7-8-9-11-18-14-15-19(23(16-18)29-2)22-17-30-25(28-22)24-20(26)12-10-13-21(24)27/h10,12-16,22H,3-9,11,17H2,1-2H3. The van der Waals surface area contributed by atoms with E-state index >= 15 is 0 Å². The van der Waals surface area contributed by atoms with Crippen LogP contribution < -0.4 is 4.74 Å². The highest BCUT2D eigenvalue weighted by Crippen LogP contribution is 2.33. The first-order chi connectivity index (χ1) is 14.6. The molecule has 1 aliphatic rings. The van der Waals surface area contributed by atoms with Crippen molar-refractivity contribution in [3.63, 3.8) is 0 Å². The minimum atomic E-state index is -0.675. The Bertz CT molecular complexity index is 846. The summed E-state index contributed by atoms with van der Waals surface area (Å²) in [5.74, 6) is -0.606. The van der Waals surface area contributed by atoms with Gasteiger partial charge in [-0.1, -0.05) is 63.6 Å². The Morgan fingerprint density at radius 3 is 2.40 bits per heavy atom. The highest BCUT2D eigenvalue weighted by Gasteiger charge is 2.28. The molecule has 30 heavy (non-hydrogen) atoms. The number of aryl methyl sites for hydroxylation is 1. The molecule has 0 amide bonds. The molecule has 0 aliphatic carbocycles. The lowest BCUT2D eigenvalue weighted by Crippen LogP contribution is -2.07. The molecule has 0 aromatic heterocycles. The zero-order valence-electron chi connectivity index (χ0n) is 17.9. The van der Waals surface area contributed by atoms with Crippen LogP contribution in [0.15, 0.2) is 41.4 Å². The zero-order chi connectivity index (χ0) is 21.3. The number of methoxy groups -OCH3 is 1. The van der Waals surface area contributed by atoms with Gasteiger partial charge in [-0.25, -0.2) is 13.8 Å². The summed E-state index contributed by atoms with van der Waals surface area (Å²) in [5.41, 5.74) is 1.88. The normalized spacial score (nSPS) is 15.7. The number of benzene rings is 2. The number of nitrogens with zero attached hydrogens (tertiary/aromatic N) is 1. The Morgan fingerprint density at radius 2 is 1.70 bits per heavy atom. The number of hydrogen-bond donors (Lipinski definition) is 0. The van der Waals surface area contributed by atoms with Gasteiger partial charge in [-0.05, 0) is 36.6 Å². The molecular weight excluding hydrogens is 384 g/mol. The molecule has 162 valence electrons. The largest absolute Gasteiger partial charge is 0.496 e. The summed E-state index contributed by atoms with van der Waals surface area (Å²) in [6, 6.07) is 9.52. The van der Waals surface area contributed by atoms with E-state index in [-0.39, 0.29) is 24.1 Å². The maximum absolute atomic E-state index is 14.0. The summed E-state index contributed by atoms with van der Waals surface area (Å²) in [5, 5.41) is 0. The summed E-state index contributed by atoms with van der Waals surface area (Å²) in [6.45, 7) is 2.47. The smallest absolute Gasteiger partial charge is 0.222 e. The van der Waals surface area contributed by atoms with E-state index in [1.165, 1.54) is 62.3 Å². The van der Waals surface area contributed by atoms with Crippen molar-refractivity contribution in [3.05, 3.63) is 64.7 Å². The van der Waals surface area contributed by atoms with Crippen LogP contribution in [0, 0.1) is 11.6 Å². The van der Waals surface area contributed by atoms with Crippen molar-refractivity contribution in [2.45, 2.75) is 64.3 Å². The molecule has 1 aliphatic heterocycles. The molecule has 3 rings (SSSR count). The summed E-state index contributed by atoms with van der Waals surface area (Å²) in [7, 11) is 1.63. The van der Waals surface area contributed by atoms with Crippen LogP contribution in [0.1, 0.15) is 74.6 Å². The fourth-order valence-electron chi connectivity index (χ4n) is 3.84. The van der Waals surface area contributed by atoms with Gasteiger partial charge in [0, 0.05) is 5.56 Å². The number of aliphatic imine (C=N–C) groups is 1. The quantitative estimate of drug-likeness (QED) is 0.379. The third-order valence-electron chi connectivity index (χ3n) is 5.55. The Hall–Kier alpha value is -2.43. The molecular formula is C25H31F2NO2. The van der Waals surface area contributed by atoms with Crippen molar-refractivity contribution in [1.82, 2.24) is 0 Å². The number of hydrogen-bond acceptors (Lipinski definition) is 3. The molecule has 2 aromatic carbocycles. The molecule has 1 unspecified atom stereocenters. The summed E-state index contributed by atoms with van der Waals surface area (Å²) in [4.78, 5) is 4.43. The molecule has 0 N–H and O–H groups in total. The molecule has 0 fully saturated rings. The van der Waals surface area contributed by atoms with Gasteiger partial charge in [0.1, 0.15) is 35.6 Å². The maximum atomic E-state index is 14.0. The molecule has 0 saturated carbocycles. The van der Waals surface area contributed by atoms with Crippen molar-refractivity contribution < 1.29 is 18.3 Å². The van der Waals surface area contributed by atoms with Crippen LogP contribution in [0.5, 0.6) is 5.75 Å². The van der Waals surface area contributed by atoms with Gasteiger partial charge in [0.2, 0.25) is 5.90 Å². The third kappa shape index (κ3) is 5.59. The van der Waals surface area contributed by atoms with Crippen molar-refractivity contribution in [3.8, 4) is 5.75 Å². The summed E-state index contributed by atoms with van der Waals surface area (Å²) < 4.78 is 39.2. The molecule has 0 radical (unpaired) electrons. The van der Waals surface area contributed by atoms with Gasteiger partial charge in [0.15, 0.2) is 0 Å². The van der Waals surface area contributed by atoms with Gasteiger partial charge in [0.25, 0.3) is 0 Å².